The molecule has 0 heterocycles. The molecule has 2 aromatic rings. The van der Waals surface area contributed by atoms with Crippen LogP contribution >= 0.6 is 11.6 Å². The molecule has 0 saturated heterocycles. The second kappa shape index (κ2) is 8.04. The Labute approximate surface area is 149 Å². The lowest BCUT2D eigenvalue weighted by Crippen LogP contribution is -2.24. The van der Waals surface area contributed by atoms with Gasteiger partial charge in [-0.1, -0.05) is 23.7 Å². The third-order valence-electron chi connectivity index (χ3n) is 3.33. The van der Waals surface area contributed by atoms with E-state index in [1.54, 1.807) is 37.3 Å². The van der Waals surface area contributed by atoms with Crippen LogP contribution in [-0.4, -0.2) is 17.2 Å². The first-order chi connectivity index (χ1) is 11.9. The summed E-state index contributed by atoms with van der Waals surface area (Å²) in [5, 5.41) is 25.5. The van der Waals surface area contributed by atoms with Crippen LogP contribution in [0.3, 0.4) is 0 Å². The number of benzene rings is 2. The summed E-state index contributed by atoms with van der Waals surface area (Å²) in [6.07, 6.45) is -1.12. The second-order valence-corrected chi connectivity index (χ2v) is 5.59. The molecule has 7 nitrogen and oxygen atoms in total. The number of nitrogens with one attached hydrogen (secondary N) is 3. The number of rotatable bonds is 4. The van der Waals surface area contributed by atoms with Gasteiger partial charge in [-0.15, -0.1) is 0 Å². The van der Waals surface area contributed by atoms with Crippen molar-refractivity contribution in [2.75, 3.05) is 10.6 Å². The van der Waals surface area contributed by atoms with Crippen molar-refractivity contribution in [3.05, 3.63) is 58.6 Å². The summed E-state index contributed by atoms with van der Waals surface area (Å²) >= 11 is 5.92. The SMILES string of the molecule is C[C@H](NC(=O)O)c1cccc(NC(=O)Nc2ccc(C#N)c(Cl)c2)c1. The maximum atomic E-state index is 12.1. The van der Waals surface area contributed by atoms with Crippen molar-refractivity contribution in [2.24, 2.45) is 0 Å². The van der Waals surface area contributed by atoms with Crippen molar-refractivity contribution in [2.45, 2.75) is 13.0 Å². The van der Waals surface area contributed by atoms with Crippen molar-refractivity contribution in [1.82, 2.24) is 5.32 Å². The molecule has 4 N–H and O–H groups in total. The van der Waals surface area contributed by atoms with Crippen LogP contribution in [0.2, 0.25) is 5.02 Å². The first-order valence-corrected chi connectivity index (χ1v) is 7.64. The van der Waals surface area contributed by atoms with Crippen molar-refractivity contribution >= 4 is 35.1 Å². The highest BCUT2D eigenvalue weighted by molar-refractivity contribution is 6.32. The van der Waals surface area contributed by atoms with E-state index in [0.717, 1.165) is 0 Å². The third-order valence-corrected chi connectivity index (χ3v) is 3.64. The molecule has 0 aliphatic rings. The highest BCUT2D eigenvalue weighted by Gasteiger charge is 2.10. The van der Waals surface area contributed by atoms with Crippen molar-refractivity contribution < 1.29 is 14.7 Å². The van der Waals surface area contributed by atoms with Gasteiger partial charge in [-0.25, -0.2) is 9.59 Å². The molecular formula is C17H15ClN4O3. The van der Waals surface area contributed by atoms with Crippen LogP contribution in [-0.2, 0) is 0 Å². The Kier molecular flexibility index (Phi) is 5.82. The standard InChI is InChI=1S/C17H15ClN4O3/c1-10(20-17(24)25)11-3-2-4-13(7-11)21-16(23)22-14-6-5-12(9-19)15(18)8-14/h2-8,10,20H,1H3,(H,24,25)(H2,21,22,23)/t10-/m0/s1. The molecule has 0 aliphatic heterocycles. The maximum absolute atomic E-state index is 12.1. The Bertz CT molecular complexity index is 848. The zero-order valence-corrected chi connectivity index (χ0v) is 14.0. The number of halogens is 1. The van der Waals surface area contributed by atoms with Gasteiger partial charge in [0.15, 0.2) is 0 Å². The van der Waals surface area contributed by atoms with E-state index in [-0.39, 0.29) is 5.02 Å². The molecule has 0 aromatic heterocycles. The summed E-state index contributed by atoms with van der Waals surface area (Å²) in [5.41, 5.74) is 1.98. The number of carbonyl (C=O) groups excluding carboxylic acids is 1. The van der Waals surface area contributed by atoms with Gasteiger partial charge < -0.3 is 21.1 Å². The zero-order valence-electron chi connectivity index (χ0n) is 13.2. The lowest BCUT2D eigenvalue weighted by Gasteiger charge is -2.14. The zero-order chi connectivity index (χ0) is 18.4. The molecule has 2 rings (SSSR count). The number of anilines is 2. The molecule has 1 atom stereocenters. The van der Waals surface area contributed by atoms with E-state index in [1.807, 2.05) is 6.07 Å². The predicted molar refractivity (Wildman–Crippen MR) is 94.8 cm³/mol. The number of amides is 3. The fraction of sp³-hybridized carbons (Fsp3) is 0.118. The van der Waals surface area contributed by atoms with Gasteiger partial charge in [-0.3, -0.25) is 0 Å². The Balaban J connectivity index is 2.04. The molecule has 8 heteroatoms. The molecule has 0 radical (unpaired) electrons. The number of urea groups is 1. The third kappa shape index (κ3) is 5.12. The minimum absolute atomic E-state index is 0.246. The summed E-state index contributed by atoms with van der Waals surface area (Å²) in [4.78, 5) is 22.8. The van der Waals surface area contributed by atoms with E-state index in [4.69, 9.17) is 22.0 Å². The molecule has 2 aromatic carbocycles. The molecule has 25 heavy (non-hydrogen) atoms. The molecular weight excluding hydrogens is 344 g/mol. The predicted octanol–water partition coefficient (Wildman–Crippen LogP) is 4.18. The van der Waals surface area contributed by atoms with Gasteiger partial charge in [0, 0.05) is 11.4 Å². The molecule has 0 saturated carbocycles. The van der Waals surface area contributed by atoms with E-state index < -0.39 is 18.2 Å². The smallest absolute Gasteiger partial charge is 0.405 e. The van der Waals surface area contributed by atoms with Gasteiger partial charge in [-0.2, -0.15) is 5.26 Å². The van der Waals surface area contributed by atoms with Crippen LogP contribution in [0.25, 0.3) is 0 Å². The maximum Gasteiger partial charge on any atom is 0.405 e. The number of hydrogen-bond acceptors (Lipinski definition) is 3. The molecule has 0 aliphatic carbocycles. The second-order valence-electron chi connectivity index (χ2n) is 5.18. The van der Waals surface area contributed by atoms with Gasteiger partial charge >= 0.3 is 12.1 Å². The summed E-state index contributed by atoms with van der Waals surface area (Å²) in [7, 11) is 0. The van der Waals surface area contributed by atoms with Crippen LogP contribution in [0.5, 0.6) is 0 Å². The number of nitrogens with zero attached hydrogens (tertiary/aromatic N) is 1. The Morgan fingerprint density at radius 3 is 2.44 bits per heavy atom. The number of hydrogen-bond donors (Lipinski definition) is 4. The van der Waals surface area contributed by atoms with Crippen molar-refractivity contribution in [1.29, 1.82) is 5.26 Å². The highest BCUT2D eigenvalue weighted by atomic mass is 35.5. The molecule has 0 spiro atoms. The molecule has 3 amide bonds. The van der Waals surface area contributed by atoms with Crippen LogP contribution in [0.4, 0.5) is 21.0 Å². The number of nitriles is 1. The van der Waals surface area contributed by atoms with E-state index in [1.165, 1.54) is 12.1 Å². The average Bonchev–Trinajstić information content (AvgIpc) is 2.54. The minimum Gasteiger partial charge on any atom is -0.465 e. The number of carbonyl (C=O) groups is 2. The quantitative estimate of drug-likeness (QED) is 0.656. The van der Waals surface area contributed by atoms with Gasteiger partial charge in [-0.05, 0) is 42.8 Å². The van der Waals surface area contributed by atoms with Crippen LogP contribution in [0.1, 0.15) is 24.1 Å². The average molecular weight is 359 g/mol. The lowest BCUT2D eigenvalue weighted by atomic mass is 10.1. The summed E-state index contributed by atoms with van der Waals surface area (Å²) in [6.45, 7) is 1.70. The summed E-state index contributed by atoms with van der Waals surface area (Å²) in [6, 6.07) is 12.4. The Morgan fingerprint density at radius 2 is 1.84 bits per heavy atom. The topological polar surface area (TPSA) is 114 Å². The Hall–Kier alpha value is -3.24. The molecule has 0 fully saturated rings. The first-order valence-electron chi connectivity index (χ1n) is 7.26. The van der Waals surface area contributed by atoms with E-state index in [9.17, 15) is 9.59 Å². The fourth-order valence-corrected chi connectivity index (χ4v) is 2.35. The van der Waals surface area contributed by atoms with E-state index in [0.29, 0.717) is 22.5 Å². The summed E-state index contributed by atoms with van der Waals surface area (Å²) < 4.78 is 0. The molecule has 0 bridgehead atoms. The normalized spacial score (nSPS) is 11.1. The van der Waals surface area contributed by atoms with Gasteiger partial charge in [0.2, 0.25) is 0 Å². The van der Waals surface area contributed by atoms with Crippen molar-refractivity contribution in [3.8, 4) is 6.07 Å². The van der Waals surface area contributed by atoms with Crippen LogP contribution in [0.15, 0.2) is 42.5 Å². The van der Waals surface area contributed by atoms with Crippen LogP contribution in [0, 0.1) is 11.3 Å². The molecule has 128 valence electrons. The van der Waals surface area contributed by atoms with Crippen LogP contribution < -0.4 is 16.0 Å². The van der Waals surface area contributed by atoms with Crippen molar-refractivity contribution in [3.63, 3.8) is 0 Å². The van der Waals surface area contributed by atoms with Gasteiger partial charge in [0.05, 0.1) is 16.6 Å². The summed E-state index contributed by atoms with van der Waals surface area (Å²) in [5.74, 6) is 0. The Morgan fingerprint density at radius 1 is 1.16 bits per heavy atom. The van der Waals surface area contributed by atoms with E-state index in [2.05, 4.69) is 16.0 Å². The minimum atomic E-state index is -1.12. The first kappa shape index (κ1) is 18.1. The monoisotopic (exact) mass is 358 g/mol. The largest absolute Gasteiger partial charge is 0.465 e. The molecule has 0 unspecified atom stereocenters. The van der Waals surface area contributed by atoms with Gasteiger partial charge in [0.25, 0.3) is 0 Å². The van der Waals surface area contributed by atoms with E-state index >= 15 is 0 Å². The fourth-order valence-electron chi connectivity index (χ4n) is 2.13. The highest BCUT2D eigenvalue weighted by Crippen LogP contribution is 2.21. The number of carboxylic acid groups (broad SMARTS) is 1. The van der Waals surface area contributed by atoms with Gasteiger partial charge in [0.1, 0.15) is 6.07 Å². The lowest BCUT2D eigenvalue weighted by molar-refractivity contribution is 0.191.